The average molecular weight is 263 g/mol. The van der Waals surface area contributed by atoms with Crippen LogP contribution in [0.5, 0.6) is 0 Å². The van der Waals surface area contributed by atoms with Crippen LogP contribution in [0.15, 0.2) is 18.2 Å². The van der Waals surface area contributed by atoms with E-state index in [1.807, 2.05) is 0 Å². The van der Waals surface area contributed by atoms with Crippen molar-refractivity contribution in [1.82, 2.24) is 9.95 Å². The number of amides is 1. The lowest BCUT2D eigenvalue weighted by molar-refractivity contribution is 0.0797. The Hall–Kier alpha value is -1.20. The summed E-state index contributed by atoms with van der Waals surface area (Å²) in [5.41, 5.74) is 0.977. The molecule has 6 heteroatoms. The summed E-state index contributed by atoms with van der Waals surface area (Å²) in [4.78, 5) is 11.6. The monoisotopic (exact) mass is 262 g/mol. The normalized spacial score (nSPS) is 11.7. The Labute approximate surface area is 103 Å². The van der Waals surface area contributed by atoms with Gasteiger partial charge in [-0.15, -0.1) is 4.53 Å². The molecule has 3 nitrogen and oxygen atoms in total. The van der Waals surface area contributed by atoms with Gasteiger partial charge in [0.05, 0.1) is 0 Å². The molecule has 1 N–H and O–H groups in total. The van der Waals surface area contributed by atoms with Gasteiger partial charge in [-0.25, -0.2) is 8.78 Å². The lowest BCUT2D eigenvalue weighted by Gasteiger charge is -2.28. The average Bonchev–Trinajstić information content (AvgIpc) is 2.15. The molecule has 0 aliphatic rings. The first kappa shape index (κ1) is 13.9. The zero-order chi connectivity index (χ0) is 13.2. The molecule has 1 aromatic carbocycles. The van der Waals surface area contributed by atoms with Crippen molar-refractivity contribution in [2.75, 3.05) is 0 Å². The smallest absolute Gasteiger partial charge is 0.270 e. The third kappa shape index (κ3) is 3.38. The Morgan fingerprint density at radius 2 is 1.76 bits per heavy atom. The second kappa shape index (κ2) is 4.98. The first-order valence-electron chi connectivity index (χ1n) is 4.94. The van der Waals surface area contributed by atoms with Gasteiger partial charge in [0.15, 0.2) is 0 Å². The highest BCUT2D eigenvalue weighted by molar-refractivity contribution is 6.14. The third-order valence-corrected chi connectivity index (χ3v) is 2.57. The van der Waals surface area contributed by atoms with Crippen LogP contribution in [0.3, 0.4) is 0 Å². The van der Waals surface area contributed by atoms with Crippen molar-refractivity contribution in [3.05, 3.63) is 35.4 Å². The minimum atomic E-state index is -0.929. The maximum Gasteiger partial charge on any atom is 0.272 e. The number of benzene rings is 1. The zero-order valence-corrected chi connectivity index (χ0v) is 10.5. The zero-order valence-electron chi connectivity index (χ0n) is 9.72. The molecule has 0 saturated carbocycles. The Morgan fingerprint density at radius 1 is 1.29 bits per heavy atom. The van der Waals surface area contributed by atoms with Crippen LogP contribution in [0, 0.1) is 11.6 Å². The third-order valence-electron chi connectivity index (χ3n) is 1.98. The summed E-state index contributed by atoms with van der Waals surface area (Å²) < 4.78 is 27.5. The maximum atomic E-state index is 13.3. The van der Waals surface area contributed by atoms with Gasteiger partial charge in [0.2, 0.25) is 0 Å². The van der Waals surface area contributed by atoms with E-state index >= 15 is 0 Å². The largest absolute Gasteiger partial charge is 0.272 e. The van der Waals surface area contributed by atoms with Crippen LogP contribution < -0.4 is 5.43 Å². The lowest BCUT2D eigenvalue weighted by atomic mass is 10.1. The summed E-state index contributed by atoms with van der Waals surface area (Å²) in [6, 6.07) is 3.20. The van der Waals surface area contributed by atoms with E-state index in [1.54, 1.807) is 20.8 Å². The molecule has 0 saturated heterocycles. The maximum absolute atomic E-state index is 13.3. The summed E-state index contributed by atoms with van der Waals surface area (Å²) in [6.07, 6.45) is 0. The van der Waals surface area contributed by atoms with Crippen molar-refractivity contribution in [2.45, 2.75) is 26.3 Å². The number of hydrazine groups is 1. The molecule has 0 aromatic heterocycles. The molecule has 0 atom stereocenters. The highest BCUT2D eigenvalue weighted by atomic mass is 35.5. The van der Waals surface area contributed by atoms with Crippen molar-refractivity contribution in [3.8, 4) is 0 Å². The van der Waals surface area contributed by atoms with Gasteiger partial charge in [-0.3, -0.25) is 10.2 Å². The molecular formula is C11H13ClF2N2O. The Bertz CT molecular complexity index is 412. The van der Waals surface area contributed by atoms with E-state index in [9.17, 15) is 13.6 Å². The highest BCUT2D eigenvalue weighted by Crippen LogP contribution is 2.16. The minimum absolute atomic E-state index is 0.570. The molecule has 0 aliphatic heterocycles. The second-order valence-electron chi connectivity index (χ2n) is 4.49. The number of hydrogen-bond donors (Lipinski definition) is 1. The number of nitrogens with one attached hydrogen (secondary N) is 1. The molecule has 0 unspecified atom stereocenters. The fraction of sp³-hybridized carbons (Fsp3) is 0.364. The van der Waals surface area contributed by atoms with Crippen LogP contribution in [-0.2, 0) is 0 Å². The van der Waals surface area contributed by atoms with E-state index in [4.69, 9.17) is 11.8 Å². The molecular weight excluding hydrogens is 250 g/mol. The van der Waals surface area contributed by atoms with Crippen molar-refractivity contribution in [1.29, 1.82) is 0 Å². The van der Waals surface area contributed by atoms with Gasteiger partial charge in [-0.05, 0) is 32.9 Å². The SMILES string of the molecule is CC(C)(C)N(Cl)NC(=O)c1c(F)cccc1F. The lowest BCUT2D eigenvalue weighted by Crippen LogP contribution is -2.47. The van der Waals surface area contributed by atoms with Crippen LogP contribution in [0.2, 0.25) is 0 Å². The quantitative estimate of drug-likeness (QED) is 0.657. The molecule has 1 aromatic rings. The van der Waals surface area contributed by atoms with Crippen LogP contribution in [0.25, 0.3) is 0 Å². The first-order chi connectivity index (χ1) is 7.73. The number of nitrogens with zero attached hydrogens (tertiary/aromatic N) is 1. The summed E-state index contributed by atoms with van der Waals surface area (Å²) in [5, 5.41) is 0. The van der Waals surface area contributed by atoms with Crippen molar-refractivity contribution >= 4 is 17.7 Å². The van der Waals surface area contributed by atoms with E-state index in [2.05, 4.69) is 5.43 Å². The Kier molecular flexibility index (Phi) is 4.06. The number of rotatable bonds is 2. The van der Waals surface area contributed by atoms with E-state index in [0.29, 0.717) is 0 Å². The molecule has 0 bridgehead atoms. The van der Waals surface area contributed by atoms with E-state index in [-0.39, 0.29) is 0 Å². The Morgan fingerprint density at radius 3 is 2.18 bits per heavy atom. The van der Waals surface area contributed by atoms with E-state index in [1.165, 1.54) is 6.07 Å². The fourth-order valence-electron chi connectivity index (χ4n) is 1.03. The summed E-state index contributed by atoms with van der Waals surface area (Å²) in [5.74, 6) is -2.78. The van der Waals surface area contributed by atoms with Crippen LogP contribution in [0.4, 0.5) is 8.78 Å². The molecule has 0 spiro atoms. The van der Waals surface area contributed by atoms with Gasteiger partial charge in [-0.2, -0.15) is 0 Å². The van der Waals surface area contributed by atoms with Crippen LogP contribution >= 0.6 is 11.8 Å². The summed E-state index contributed by atoms with van der Waals surface area (Å²) in [7, 11) is 0. The van der Waals surface area contributed by atoms with Crippen molar-refractivity contribution in [3.63, 3.8) is 0 Å². The first-order valence-corrected chi connectivity index (χ1v) is 5.28. The van der Waals surface area contributed by atoms with Crippen LogP contribution in [-0.4, -0.2) is 16.0 Å². The summed E-state index contributed by atoms with van der Waals surface area (Å²) >= 11 is 5.76. The molecule has 94 valence electrons. The van der Waals surface area contributed by atoms with E-state index < -0.39 is 28.6 Å². The number of carbonyl (C=O) groups is 1. The minimum Gasteiger partial charge on any atom is -0.270 e. The van der Waals surface area contributed by atoms with Crippen LogP contribution in [0.1, 0.15) is 31.1 Å². The standard InChI is InChI=1S/C11H13ClF2N2O/c1-11(2,3)16(12)15-10(17)9-7(13)5-4-6-8(9)14/h4-6H,1-3H3,(H,15,17). The molecule has 0 heterocycles. The molecule has 0 aliphatic carbocycles. The fourth-order valence-corrected chi connectivity index (χ4v) is 1.10. The Balaban J connectivity index is 2.92. The highest BCUT2D eigenvalue weighted by Gasteiger charge is 2.24. The van der Waals surface area contributed by atoms with E-state index in [0.717, 1.165) is 16.7 Å². The summed E-state index contributed by atoms with van der Waals surface area (Å²) in [6.45, 7) is 5.20. The number of carbonyl (C=O) groups excluding carboxylic acids is 1. The molecule has 0 radical (unpaired) electrons. The topological polar surface area (TPSA) is 32.3 Å². The van der Waals surface area contributed by atoms with Gasteiger partial charge < -0.3 is 0 Å². The molecule has 1 rings (SSSR count). The van der Waals surface area contributed by atoms with Crippen molar-refractivity contribution < 1.29 is 13.6 Å². The van der Waals surface area contributed by atoms with Gasteiger partial charge in [0.25, 0.3) is 5.91 Å². The van der Waals surface area contributed by atoms with Gasteiger partial charge in [0, 0.05) is 17.3 Å². The second-order valence-corrected chi connectivity index (χ2v) is 4.83. The van der Waals surface area contributed by atoms with Gasteiger partial charge >= 0.3 is 0 Å². The predicted molar refractivity (Wildman–Crippen MR) is 61.3 cm³/mol. The molecule has 17 heavy (non-hydrogen) atoms. The van der Waals surface area contributed by atoms with Crippen molar-refractivity contribution in [2.24, 2.45) is 0 Å². The van der Waals surface area contributed by atoms with Gasteiger partial charge in [0.1, 0.15) is 17.2 Å². The van der Waals surface area contributed by atoms with Gasteiger partial charge in [-0.1, -0.05) is 6.07 Å². The molecule has 1 amide bonds. The number of hydrogen-bond acceptors (Lipinski definition) is 2. The molecule has 0 fully saturated rings. The number of halogens is 3. The predicted octanol–water partition coefficient (Wildman–Crippen LogP) is 2.86.